The molecule has 24 heavy (non-hydrogen) atoms. The fourth-order valence-electron chi connectivity index (χ4n) is 2.27. The summed E-state index contributed by atoms with van der Waals surface area (Å²) in [6.45, 7) is 1.94. The number of hydrogen-bond donors (Lipinski definition) is 1. The Morgan fingerprint density at radius 3 is 2.71 bits per heavy atom. The summed E-state index contributed by atoms with van der Waals surface area (Å²) in [5.41, 5.74) is 1.56. The molecular formula is C17H15ClN2O2S2. The molecule has 0 aliphatic rings. The molecule has 0 bridgehead atoms. The number of para-hydroxylation sites is 1. The van der Waals surface area contributed by atoms with Gasteiger partial charge in [0.15, 0.2) is 0 Å². The number of carbonyl (C=O) groups excluding carboxylic acids is 2. The van der Waals surface area contributed by atoms with Gasteiger partial charge < -0.3 is 10.2 Å². The molecule has 2 amide bonds. The Labute approximate surface area is 152 Å². The molecule has 0 aliphatic carbocycles. The van der Waals surface area contributed by atoms with Crippen molar-refractivity contribution in [1.82, 2.24) is 4.90 Å². The van der Waals surface area contributed by atoms with Gasteiger partial charge in [-0.15, -0.1) is 22.7 Å². The lowest BCUT2D eigenvalue weighted by Gasteiger charge is -2.17. The summed E-state index contributed by atoms with van der Waals surface area (Å²) < 4.78 is 1.04. The van der Waals surface area contributed by atoms with Crippen LogP contribution in [0.1, 0.15) is 22.2 Å². The van der Waals surface area contributed by atoms with E-state index in [2.05, 4.69) is 5.32 Å². The minimum absolute atomic E-state index is 0.0299. The maximum absolute atomic E-state index is 12.6. The zero-order valence-corrected chi connectivity index (χ0v) is 15.5. The van der Waals surface area contributed by atoms with Crippen molar-refractivity contribution in [3.63, 3.8) is 0 Å². The first-order valence-corrected chi connectivity index (χ1v) is 9.31. The topological polar surface area (TPSA) is 49.4 Å². The maximum atomic E-state index is 12.6. The molecule has 0 saturated carbocycles. The average Bonchev–Trinajstić information content (AvgIpc) is 3.12. The molecule has 1 N–H and O–H groups in total. The molecule has 0 aliphatic heterocycles. The predicted octanol–water partition coefficient (Wildman–Crippen LogP) is 4.85. The highest BCUT2D eigenvalue weighted by Crippen LogP contribution is 2.39. The molecule has 2 aromatic heterocycles. The monoisotopic (exact) mass is 378 g/mol. The molecule has 3 aromatic rings. The van der Waals surface area contributed by atoms with Gasteiger partial charge in [0.25, 0.3) is 5.91 Å². The van der Waals surface area contributed by atoms with Crippen LogP contribution in [0.2, 0.25) is 5.02 Å². The normalized spacial score (nSPS) is 10.8. The first-order valence-electron chi connectivity index (χ1n) is 7.24. The highest BCUT2D eigenvalue weighted by atomic mass is 35.5. The van der Waals surface area contributed by atoms with Crippen molar-refractivity contribution in [2.24, 2.45) is 0 Å². The minimum Gasteiger partial charge on any atom is -0.342 e. The second-order valence-corrected chi connectivity index (χ2v) is 7.93. The van der Waals surface area contributed by atoms with Crippen LogP contribution >= 0.6 is 34.3 Å². The van der Waals surface area contributed by atoms with Crippen LogP contribution in [0.15, 0.2) is 35.7 Å². The Hall–Kier alpha value is -1.89. The molecule has 3 rings (SSSR count). The van der Waals surface area contributed by atoms with Gasteiger partial charge in [0.05, 0.1) is 9.04 Å². The molecule has 7 heteroatoms. The van der Waals surface area contributed by atoms with E-state index in [0.717, 1.165) is 15.0 Å². The number of benzene rings is 1. The highest BCUT2D eigenvalue weighted by molar-refractivity contribution is 7.38. The van der Waals surface area contributed by atoms with Gasteiger partial charge in [-0.2, -0.15) is 0 Å². The van der Waals surface area contributed by atoms with Gasteiger partial charge in [0, 0.05) is 31.6 Å². The van der Waals surface area contributed by atoms with Crippen LogP contribution in [0.3, 0.4) is 0 Å². The van der Waals surface area contributed by atoms with Crippen LogP contribution in [-0.4, -0.2) is 23.8 Å². The Morgan fingerprint density at radius 2 is 2.00 bits per heavy atom. The lowest BCUT2D eigenvalue weighted by molar-refractivity contribution is -0.128. The maximum Gasteiger partial charge on any atom is 0.267 e. The van der Waals surface area contributed by atoms with Gasteiger partial charge >= 0.3 is 0 Å². The van der Waals surface area contributed by atoms with E-state index in [4.69, 9.17) is 11.6 Å². The molecule has 4 nitrogen and oxygen atoms in total. The van der Waals surface area contributed by atoms with Crippen LogP contribution in [-0.2, 0) is 11.3 Å². The van der Waals surface area contributed by atoms with Crippen molar-refractivity contribution in [2.45, 2.75) is 13.5 Å². The molecule has 124 valence electrons. The largest absolute Gasteiger partial charge is 0.342 e. The molecule has 0 fully saturated rings. The number of fused-ring (bicyclic) bond motifs is 1. The molecular weight excluding hydrogens is 364 g/mol. The summed E-state index contributed by atoms with van der Waals surface area (Å²) in [5, 5.41) is 6.29. The molecule has 0 radical (unpaired) electrons. The number of hydrogen-bond acceptors (Lipinski definition) is 4. The van der Waals surface area contributed by atoms with E-state index in [1.165, 1.54) is 18.3 Å². The fraction of sp³-hybridized carbons (Fsp3) is 0.176. The number of rotatable bonds is 4. The van der Waals surface area contributed by atoms with Crippen LogP contribution in [0.25, 0.3) is 9.40 Å². The number of nitrogens with one attached hydrogen (secondary N) is 1. The molecule has 0 spiro atoms. The number of anilines is 1. The van der Waals surface area contributed by atoms with Gasteiger partial charge in [-0.05, 0) is 23.1 Å². The van der Waals surface area contributed by atoms with E-state index in [-0.39, 0.29) is 11.8 Å². The third kappa shape index (κ3) is 3.31. The van der Waals surface area contributed by atoms with Crippen molar-refractivity contribution in [2.75, 3.05) is 12.4 Å². The van der Waals surface area contributed by atoms with Gasteiger partial charge in [0.1, 0.15) is 4.88 Å². The fourth-order valence-corrected chi connectivity index (χ4v) is 4.78. The van der Waals surface area contributed by atoms with E-state index in [1.54, 1.807) is 23.3 Å². The van der Waals surface area contributed by atoms with Gasteiger partial charge in [-0.3, -0.25) is 9.59 Å². The van der Waals surface area contributed by atoms with E-state index < -0.39 is 0 Å². The SMILES string of the molecule is CC(=O)N(C)Cc1ccccc1NC(=O)c1sc2sccc2c1Cl. The molecule has 1 aromatic carbocycles. The predicted molar refractivity (Wildman–Crippen MR) is 101 cm³/mol. The Morgan fingerprint density at radius 1 is 1.25 bits per heavy atom. The zero-order valence-electron chi connectivity index (χ0n) is 13.1. The minimum atomic E-state index is -0.230. The van der Waals surface area contributed by atoms with E-state index in [0.29, 0.717) is 22.1 Å². The summed E-state index contributed by atoms with van der Waals surface area (Å²) in [7, 11) is 1.73. The standard InChI is InChI=1S/C17H15ClN2O2S2/c1-10(21)20(2)9-11-5-3-4-6-13(11)19-16(22)15-14(18)12-7-8-23-17(12)24-15/h3-8H,9H2,1-2H3,(H,19,22). The molecule has 0 saturated heterocycles. The zero-order chi connectivity index (χ0) is 17.3. The van der Waals surface area contributed by atoms with Crippen LogP contribution in [0.5, 0.6) is 0 Å². The lowest BCUT2D eigenvalue weighted by atomic mass is 10.1. The van der Waals surface area contributed by atoms with E-state index in [9.17, 15) is 9.59 Å². The third-order valence-electron chi connectivity index (χ3n) is 3.68. The number of nitrogens with zero attached hydrogens (tertiary/aromatic N) is 1. The number of halogens is 1. The Bertz CT molecular complexity index is 916. The Kier molecular flexibility index (Phi) is 4.89. The first-order chi connectivity index (χ1) is 11.5. The van der Waals surface area contributed by atoms with Crippen LogP contribution in [0.4, 0.5) is 5.69 Å². The summed E-state index contributed by atoms with van der Waals surface area (Å²) in [5.74, 6) is -0.260. The van der Waals surface area contributed by atoms with Gasteiger partial charge in [0.2, 0.25) is 5.91 Å². The molecule has 0 unspecified atom stereocenters. The van der Waals surface area contributed by atoms with Gasteiger partial charge in [-0.25, -0.2) is 0 Å². The number of amides is 2. The van der Waals surface area contributed by atoms with E-state index in [1.807, 2.05) is 35.7 Å². The van der Waals surface area contributed by atoms with Gasteiger partial charge in [-0.1, -0.05) is 29.8 Å². The summed E-state index contributed by atoms with van der Waals surface area (Å²) in [6.07, 6.45) is 0. The smallest absolute Gasteiger partial charge is 0.267 e. The third-order valence-corrected chi connectivity index (χ3v) is 6.43. The highest BCUT2D eigenvalue weighted by Gasteiger charge is 2.19. The average molecular weight is 379 g/mol. The van der Waals surface area contributed by atoms with Crippen molar-refractivity contribution < 1.29 is 9.59 Å². The lowest BCUT2D eigenvalue weighted by Crippen LogP contribution is -2.24. The van der Waals surface area contributed by atoms with Crippen molar-refractivity contribution in [3.05, 3.63) is 51.2 Å². The van der Waals surface area contributed by atoms with Crippen molar-refractivity contribution >= 4 is 61.2 Å². The first kappa shape index (κ1) is 17.0. The van der Waals surface area contributed by atoms with Crippen molar-refractivity contribution in [1.29, 1.82) is 0 Å². The number of carbonyl (C=O) groups is 2. The number of thiophene rings is 2. The second-order valence-electron chi connectivity index (χ2n) is 5.35. The van der Waals surface area contributed by atoms with Crippen LogP contribution in [0, 0.1) is 0 Å². The summed E-state index contributed by atoms with van der Waals surface area (Å²) in [6, 6.07) is 9.37. The quantitative estimate of drug-likeness (QED) is 0.705. The second kappa shape index (κ2) is 6.93. The Balaban J connectivity index is 1.85. The molecule has 0 atom stereocenters. The van der Waals surface area contributed by atoms with Crippen LogP contribution < -0.4 is 5.32 Å². The summed E-state index contributed by atoms with van der Waals surface area (Å²) in [4.78, 5) is 26.2. The molecule has 2 heterocycles. The van der Waals surface area contributed by atoms with Crippen molar-refractivity contribution in [3.8, 4) is 0 Å². The van der Waals surface area contributed by atoms with E-state index >= 15 is 0 Å². The summed E-state index contributed by atoms with van der Waals surface area (Å²) >= 11 is 9.29.